The molecule has 0 N–H and O–H groups in total. The van der Waals surface area contributed by atoms with E-state index in [1.165, 1.54) is 51.4 Å². The van der Waals surface area contributed by atoms with Gasteiger partial charge in [0.1, 0.15) is 0 Å². The summed E-state index contributed by atoms with van der Waals surface area (Å²) in [5, 5.41) is 0. The standard InChI is InChI=1S/C28H44F2O/c1-3-5-6-20-31-26-19-18-25(27(29)28(26)30)24-16-14-23(15-17-24)13-12-22-10-8-21(7-4-2)9-11-22/h18-19,21-24H,3-17,20H2,1-2H3. The lowest BCUT2D eigenvalue weighted by Crippen LogP contribution is -2.18. The van der Waals surface area contributed by atoms with Crippen molar-refractivity contribution in [1.29, 1.82) is 0 Å². The average molecular weight is 435 g/mol. The molecule has 3 rings (SSSR count). The molecule has 176 valence electrons. The van der Waals surface area contributed by atoms with Gasteiger partial charge in [-0.25, -0.2) is 4.39 Å². The minimum absolute atomic E-state index is 0.0692. The summed E-state index contributed by atoms with van der Waals surface area (Å²) in [6, 6.07) is 3.41. The zero-order chi connectivity index (χ0) is 22.1. The van der Waals surface area contributed by atoms with Crippen LogP contribution in [0, 0.1) is 29.4 Å². The minimum Gasteiger partial charge on any atom is -0.490 e. The SMILES string of the molecule is CCCCCOc1ccc(C2CCC(CCC3CCC(CCC)CC3)CC2)c(F)c1F. The van der Waals surface area contributed by atoms with Crippen LogP contribution in [0.25, 0.3) is 0 Å². The molecule has 0 spiro atoms. The zero-order valence-corrected chi connectivity index (χ0v) is 19.9. The number of ether oxygens (including phenoxy) is 1. The molecule has 0 atom stereocenters. The molecule has 0 amide bonds. The van der Waals surface area contributed by atoms with Crippen molar-refractivity contribution in [2.24, 2.45) is 17.8 Å². The molecule has 2 fully saturated rings. The highest BCUT2D eigenvalue weighted by atomic mass is 19.2. The summed E-state index contributed by atoms with van der Waals surface area (Å²) in [4.78, 5) is 0. The topological polar surface area (TPSA) is 9.23 Å². The first kappa shape index (κ1) is 24.5. The molecular formula is C28H44F2O. The van der Waals surface area contributed by atoms with Crippen molar-refractivity contribution in [3.8, 4) is 5.75 Å². The van der Waals surface area contributed by atoms with Gasteiger partial charge in [0.2, 0.25) is 5.82 Å². The molecule has 2 aliphatic rings. The molecule has 0 aromatic heterocycles. The first-order valence-electron chi connectivity index (χ1n) is 13.2. The highest BCUT2D eigenvalue weighted by Crippen LogP contribution is 2.41. The van der Waals surface area contributed by atoms with E-state index in [4.69, 9.17) is 4.74 Å². The fraction of sp³-hybridized carbons (Fsp3) is 0.786. The lowest BCUT2D eigenvalue weighted by molar-refractivity contribution is 0.223. The fourth-order valence-electron chi connectivity index (χ4n) is 5.96. The van der Waals surface area contributed by atoms with Crippen LogP contribution in [-0.2, 0) is 0 Å². The summed E-state index contributed by atoms with van der Waals surface area (Å²) in [5.74, 6) is 1.44. The van der Waals surface area contributed by atoms with Crippen molar-refractivity contribution in [3.05, 3.63) is 29.3 Å². The molecule has 3 heteroatoms. The summed E-state index contributed by atoms with van der Waals surface area (Å²) in [6.45, 7) is 4.87. The molecule has 1 nitrogen and oxygen atoms in total. The van der Waals surface area contributed by atoms with Crippen molar-refractivity contribution >= 4 is 0 Å². The van der Waals surface area contributed by atoms with E-state index in [9.17, 15) is 8.78 Å². The van der Waals surface area contributed by atoms with Crippen LogP contribution in [0.2, 0.25) is 0 Å². The quantitative estimate of drug-likeness (QED) is 0.315. The van der Waals surface area contributed by atoms with Gasteiger partial charge in [-0.05, 0) is 67.4 Å². The smallest absolute Gasteiger partial charge is 0.200 e. The number of hydrogen-bond acceptors (Lipinski definition) is 1. The van der Waals surface area contributed by atoms with Crippen molar-refractivity contribution in [2.75, 3.05) is 6.61 Å². The predicted molar refractivity (Wildman–Crippen MR) is 126 cm³/mol. The lowest BCUT2D eigenvalue weighted by atomic mass is 9.74. The molecule has 0 aliphatic heterocycles. The van der Waals surface area contributed by atoms with Crippen LogP contribution < -0.4 is 4.74 Å². The number of unbranched alkanes of at least 4 members (excludes halogenated alkanes) is 2. The van der Waals surface area contributed by atoms with Crippen molar-refractivity contribution in [2.45, 2.75) is 116 Å². The third-order valence-corrected chi connectivity index (χ3v) is 8.02. The van der Waals surface area contributed by atoms with Crippen LogP contribution in [0.1, 0.15) is 122 Å². The third kappa shape index (κ3) is 7.19. The molecule has 1 aromatic carbocycles. The molecule has 1 aromatic rings. The lowest BCUT2D eigenvalue weighted by Gasteiger charge is -2.32. The van der Waals surface area contributed by atoms with Gasteiger partial charge < -0.3 is 4.74 Å². The second-order valence-corrected chi connectivity index (χ2v) is 10.3. The van der Waals surface area contributed by atoms with Crippen LogP contribution in [0.15, 0.2) is 12.1 Å². The first-order chi connectivity index (χ1) is 15.1. The van der Waals surface area contributed by atoms with Gasteiger partial charge in [0.15, 0.2) is 11.6 Å². The van der Waals surface area contributed by atoms with E-state index in [0.29, 0.717) is 12.2 Å². The van der Waals surface area contributed by atoms with E-state index in [1.54, 1.807) is 12.1 Å². The van der Waals surface area contributed by atoms with Crippen molar-refractivity contribution < 1.29 is 13.5 Å². The molecule has 0 radical (unpaired) electrons. The molecule has 0 saturated heterocycles. The van der Waals surface area contributed by atoms with Gasteiger partial charge in [0, 0.05) is 0 Å². The Kier molecular flexibility index (Phi) is 10.1. The number of benzene rings is 1. The van der Waals surface area contributed by atoms with Crippen LogP contribution in [0.3, 0.4) is 0 Å². The van der Waals surface area contributed by atoms with Crippen LogP contribution in [-0.4, -0.2) is 6.61 Å². The molecule has 0 bridgehead atoms. The second-order valence-electron chi connectivity index (χ2n) is 10.3. The second kappa shape index (κ2) is 12.8. The van der Waals surface area contributed by atoms with Gasteiger partial charge in [0.25, 0.3) is 0 Å². The predicted octanol–water partition coefficient (Wildman–Crippen LogP) is 9.19. The Morgan fingerprint density at radius 3 is 1.87 bits per heavy atom. The monoisotopic (exact) mass is 434 g/mol. The maximum Gasteiger partial charge on any atom is 0.200 e. The van der Waals surface area contributed by atoms with Gasteiger partial charge in [-0.3, -0.25) is 0 Å². The Morgan fingerprint density at radius 2 is 1.29 bits per heavy atom. The van der Waals surface area contributed by atoms with Gasteiger partial charge >= 0.3 is 0 Å². The summed E-state index contributed by atoms with van der Waals surface area (Å²) < 4.78 is 34.7. The van der Waals surface area contributed by atoms with E-state index in [1.807, 2.05) is 0 Å². The molecule has 2 aliphatic carbocycles. The Bertz CT molecular complexity index is 643. The van der Waals surface area contributed by atoms with Crippen LogP contribution in [0.5, 0.6) is 5.75 Å². The van der Waals surface area contributed by atoms with Crippen LogP contribution >= 0.6 is 0 Å². The maximum absolute atomic E-state index is 14.7. The normalized spacial score (nSPS) is 26.7. The van der Waals surface area contributed by atoms with Gasteiger partial charge in [-0.1, -0.05) is 84.1 Å². The Labute approximate surface area is 189 Å². The molecule has 31 heavy (non-hydrogen) atoms. The Balaban J connectivity index is 1.41. The third-order valence-electron chi connectivity index (χ3n) is 8.02. The van der Waals surface area contributed by atoms with Crippen LogP contribution in [0.4, 0.5) is 8.78 Å². The minimum atomic E-state index is -0.796. The Hall–Kier alpha value is -1.12. The van der Waals surface area contributed by atoms with Crippen molar-refractivity contribution in [1.82, 2.24) is 0 Å². The zero-order valence-electron chi connectivity index (χ0n) is 19.9. The van der Waals surface area contributed by atoms with Gasteiger partial charge in [-0.15, -0.1) is 0 Å². The van der Waals surface area contributed by atoms with E-state index in [-0.39, 0.29) is 11.7 Å². The van der Waals surface area contributed by atoms with E-state index >= 15 is 0 Å². The molecular weight excluding hydrogens is 390 g/mol. The molecule has 2 saturated carbocycles. The summed E-state index contributed by atoms with van der Waals surface area (Å²) in [7, 11) is 0. The fourth-order valence-corrected chi connectivity index (χ4v) is 5.96. The first-order valence-corrected chi connectivity index (χ1v) is 13.2. The summed E-state index contributed by atoms with van der Waals surface area (Å²) in [6.07, 6.45) is 18.5. The summed E-state index contributed by atoms with van der Waals surface area (Å²) >= 11 is 0. The highest BCUT2D eigenvalue weighted by Gasteiger charge is 2.28. The maximum atomic E-state index is 14.7. The van der Waals surface area contributed by atoms with Gasteiger partial charge in [-0.2, -0.15) is 4.39 Å². The van der Waals surface area contributed by atoms with Gasteiger partial charge in [0.05, 0.1) is 6.61 Å². The summed E-state index contributed by atoms with van der Waals surface area (Å²) in [5.41, 5.74) is 0.561. The largest absolute Gasteiger partial charge is 0.490 e. The number of rotatable bonds is 11. The van der Waals surface area contributed by atoms with E-state index in [0.717, 1.165) is 62.7 Å². The number of hydrogen-bond donors (Lipinski definition) is 0. The van der Waals surface area contributed by atoms with E-state index < -0.39 is 11.6 Å². The molecule has 0 unspecified atom stereocenters. The average Bonchev–Trinajstić information content (AvgIpc) is 2.80. The highest BCUT2D eigenvalue weighted by molar-refractivity contribution is 5.33. The Morgan fingerprint density at radius 1 is 0.710 bits per heavy atom. The van der Waals surface area contributed by atoms with E-state index in [2.05, 4.69) is 13.8 Å². The number of halogens is 2. The molecule has 0 heterocycles. The van der Waals surface area contributed by atoms with Crippen molar-refractivity contribution in [3.63, 3.8) is 0 Å².